The maximum Gasteiger partial charge on any atom is 0.0137 e. The Morgan fingerprint density at radius 3 is 2.87 bits per heavy atom. The van der Waals surface area contributed by atoms with Crippen molar-refractivity contribution in [2.45, 2.75) is 51.0 Å². The van der Waals surface area contributed by atoms with Crippen molar-refractivity contribution in [1.82, 2.24) is 10.6 Å². The molecule has 2 nitrogen and oxygen atoms in total. The van der Waals surface area contributed by atoms with Crippen molar-refractivity contribution in [2.75, 3.05) is 19.6 Å². The Labute approximate surface area is 93.5 Å². The molecular formula is C13H24N2. The van der Waals surface area contributed by atoms with Gasteiger partial charge in [-0.1, -0.05) is 30.9 Å². The number of rotatable bonds is 4. The zero-order valence-electron chi connectivity index (χ0n) is 9.73. The molecule has 0 atom stereocenters. The van der Waals surface area contributed by atoms with E-state index < -0.39 is 0 Å². The van der Waals surface area contributed by atoms with Gasteiger partial charge in [-0.05, 0) is 38.8 Å². The van der Waals surface area contributed by atoms with E-state index in [2.05, 4.69) is 16.7 Å². The van der Waals surface area contributed by atoms with Crippen LogP contribution < -0.4 is 10.6 Å². The molecule has 0 radical (unpaired) electrons. The van der Waals surface area contributed by atoms with Crippen molar-refractivity contribution in [3.05, 3.63) is 11.6 Å². The summed E-state index contributed by atoms with van der Waals surface area (Å²) in [5.41, 5.74) is 1.65. The normalized spacial score (nSPS) is 23.9. The van der Waals surface area contributed by atoms with E-state index in [1.807, 2.05) is 0 Å². The highest BCUT2D eigenvalue weighted by atomic mass is 14.9. The lowest BCUT2D eigenvalue weighted by Crippen LogP contribution is -2.32. The zero-order chi connectivity index (χ0) is 10.3. The van der Waals surface area contributed by atoms with Gasteiger partial charge in [-0.2, -0.15) is 0 Å². The van der Waals surface area contributed by atoms with Crippen LogP contribution in [0.5, 0.6) is 0 Å². The highest BCUT2D eigenvalue weighted by Crippen LogP contribution is 2.17. The van der Waals surface area contributed by atoms with Crippen LogP contribution in [0.15, 0.2) is 11.6 Å². The summed E-state index contributed by atoms with van der Waals surface area (Å²) in [7, 11) is 0. The quantitative estimate of drug-likeness (QED) is 0.692. The van der Waals surface area contributed by atoms with Crippen LogP contribution in [0, 0.1) is 0 Å². The van der Waals surface area contributed by atoms with Crippen molar-refractivity contribution < 1.29 is 0 Å². The molecule has 2 heteroatoms. The lowest BCUT2D eigenvalue weighted by atomic mass is 9.95. The summed E-state index contributed by atoms with van der Waals surface area (Å²) >= 11 is 0. The van der Waals surface area contributed by atoms with Crippen LogP contribution in [-0.4, -0.2) is 25.7 Å². The molecule has 0 aromatic rings. The number of hydrogen-bond acceptors (Lipinski definition) is 2. The van der Waals surface area contributed by atoms with Crippen molar-refractivity contribution in [1.29, 1.82) is 0 Å². The summed E-state index contributed by atoms with van der Waals surface area (Å²) in [6.45, 7) is 3.45. The molecule has 86 valence electrons. The van der Waals surface area contributed by atoms with Gasteiger partial charge in [0.25, 0.3) is 0 Å². The molecule has 0 aromatic carbocycles. The minimum atomic E-state index is 0.820. The highest BCUT2D eigenvalue weighted by Gasteiger charge is 2.12. The molecule has 1 heterocycles. The molecular weight excluding hydrogens is 184 g/mol. The van der Waals surface area contributed by atoms with Crippen molar-refractivity contribution >= 4 is 0 Å². The Kier molecular flexibility index (Phi) is 4.68. The van der Waals surface area contributed by atoms with E-state index in [1.165, 1.54) is 58.0 Å². The van der Waals surface area contributed by atoms with Gasteiger partial charge < -0.3 is 10.6 Å². The van der Waals surface area contributed by atoms with E-state index >= 15 is 0 Å². The van der Waals surface area contributed by atoms with Gasteiger partial charge in [0.2, 0.25) is 0 Å². The minimum Gasteiger partial charge on any atom is -0.314 e. The lowest BCUT2D eigenvalue weighted by molar-refractivity contribution is 0.374. The molecule has 2 rings (SSSR count). The summed E-state index contributed by atoms with van der Waals surface area (Å²) in [5, 5.41) is 7.07. The van der Waals surface area contributed by atoms with Crippen LogP contribution in [0.3, 0.4) is 0 Å². The average Bonchev–Trinajstić information content (AvgIpc) is 2.32. The summed E-state index contributed by atoms with van der Waals surface area (Å²) < 4.78 is 0. The third-order valence-electron chi connectivity index (χ3n) is 3.64. The molecule has 0 saturated heterocycles. The number of nitrogens with one attached hydrogen (secondary N) is 2. The fourth-order valence-corrected chi connectivity index (χ4v) is 2.64. The average molecular weight is 208 g/mol. The van der Waals surface area contributed by atoms with Crippen LogP contribution in [-0.2, 0) is 0 Å². The molecule has 2 N–H and O–H groups in total. The Balaban J connectivity index is 1.59. The van der Waals surface area contributed by atoms with Crippen molar-refractivity contribution in [2.24, 2.45) is 0 Å². The van der Waals surface area contributed by atoms with Crippen molar-refractivity contribution in [3.8, 4) is 0 Å². The Hall–Kier alpha value is -0.340. The first-order valence-electron chi connectivity index (χ1n) is 6.57. The van der Waals surface area contributed by atoms with Gasteiger partial charge in [-0.15, -0.1) is 0 Å². The Morgan fingerprint density at radius 1 is 1.27 bits per heavy atom. The van der Waals surface area contributed by atoms with Gasteiger partial charge in [0, 0.05) is 12.6 Å². The van der Waals surface area contributed by atoms with E-state index in [1.54, 1.807) is 5.57 Å². The van der Waals surface area contributed by atoms with Gasteiger partial charge in [0.1, 0.15) is 0 Å². The molecule has 0 spiro atoms. The predicted octanol–water partition coefficient (Wildman–Crippen LogP) is 2.22. The molecule has 1 aliphatic heterocycles. The molecule has 15 heavy (non-hydrogen) atoms. The Bertz CT molecular complexity index is 205. The summed E-state index contributed by atoms with van der Waals surface area (Å²) in [6.07, 6.45) is 12.0. The second-order valence-electron chi connectivity index (χ2n) is 4.86. The van der Waals surface area contributed by atoms with E-state index in [9.17, 15) is 0 Å². The van der Waals surface area contributed by atoms with E-state index in [4.69, 9.17) is 0 Å². The first kappa shape index (κ1) is 11.2. The van der Waals surface area contributed by atoms with Crippen LogP contribution in [0.4, 0.5) is 0 Å². The smallest absolute Gasteiger partial charge is 0.0137 e. The van der Waals surface area contributed by atoms with Gasteiger partial charge >= 0.3 is 0 Å². The minimum absolute atomic E-state index is 0.820. The van der Waals surface area contributed by atoms with Crippen LogP contribution in [0.1, 0.15) is 44.9 Å². The van der Waals surface area contributed by atoms with Gasteiger partial charge in [0.05, 0.1) is 0 Å². The van der Waals surface area contributed by atoms with Crippen molar-refractivity contribution in [3.63, 3.8) is 0 Å². The lowest BCUT2D eigenvalue weighted by Gasteiger charge is -2.23. The topological polar surface area (TPSA) is 24.1 Å². The van der Waals surface area contributed by atoms with E-state index in [-0.39, 0.29) is 0 Å². The number of hydrogen-bond donors (Lipinski definition) is 2. The molecule has 0 bridgehead atoms. The summed E-state index contributed by atoms with van der Waals surface area (Å²) in [4.78, 5) is 0. The summed E-state index contributed by atoms with van der Waals surface area (Å²) in [6, 6.07) is 0.820. The second kappa shape index (κ2) is 6.29. The van der Waals surface area contributed by atoms with Crippen LogP contribution >= 0.6 is 0 Å². The largest absolute Gasteiger partial charge is 0.314 e. The fourth-order valence-electron chi connectivity index (χ4n) is 2.64. The standard InChI is InChI=1S/C13H24N2/c1-2-4-13(5-3-1)15-11-8-12-6-9-14-10-7-12/h6,13-15H,1-5,7-11H2. The molecule has 1 aliphatic carbocycles. The molecule has 0 amide bonds. The van der Waals surface area contributed by atoms with E-state index in [0.29, 0.717) is 0 Å². The highest BCUT2D eigenvalue weighted by molar-refractivity contribution is 5.06. The summed E-state index contributed by atoms with van der Waals surface area (Å²) in [5.74, 6) is 0. The fraction of sp³-hybridized carbons (Fsp3) is 0.846. The van der Waals surface area contributed by atoms with Gasteiger partial charge in [-0.25, -0.2) is 0 Å². The predicted molar refractivity (Wildman–Crippen MR) is 65.1 cm³/mol. The molecule has 1 fully saturated rings. The molecule has 0 unspecified atom stereocenters. The maximum absolute atomic E-state index is 3.71. The SMILES string of the molecule is C1=C(CCNC2CCCCC2)CCNC1. The van der Waals surface area contributed by atoms with Crippen LogP contribution in [0.2, 0.25) is 0 Å². The third-order valence-corrected chi connectivity index (χ3v) is 3.64. The molecule has 1 saturated carbocycles. The molecule has 0 aromatic heterocycles. The zero-order valence-corrected chi connectivity index (χ0v) is 9.73. The first-order valence-corrected chi connectivity index (χ1v) is 6.57. The second-order valence-corrected chi connectivity index (χ2v) is 4.86. The van der Waals surface area contributed by atoms with Crippen LogP contribution in [0.25, 0.3) is 0 Å². The monoisotopic (exact) mass is 208 g/mol. The van der Waals surface area contributed by atoms with Gasteiger partial charge in [-0.3, -0.25) is 0 Å². The Morgan fingerprint density at radius 2 is 2.13 bits per heavy atom. The maximum atomic E-state index is 3.71. The first-order chi connectivity index (χ1) is 7.45. The van der Waals surface area contributed by atoms with E-state index in [0.717, 1.165) is 12.6 Å². The van der Waals surface area contributed by atoms with Gasteiger partial charge in [0.15, 0.2) is 0 Å². The third kappa shape index (κ3) is 3.96. The molecule has 2 aliphatic rings.